The van der Waals surface area contributed by atoms with Crippen molar-refractivity contribution in [2.75, 3.05) is 38.1 Å². The van der Waals surface area contributed by atoms with Crippen molar-refractivity contribution in [3.8, 4) is 22.3 Å². The largest absolute Gasteiger partial charge is 0.353 e. The molecule has 0 aliphatic carbocycles. The van der Waals surface area contributed by atoms with Gasteiger partial charge in [0.1, 0.15) is 17.8 Å². The Morgan fingerprint density at radius 3 is 2.50 bits per heavy atom. The molecule has 1 N–H and O–H groups in total. The van der Waals surface area contributed by atoms with Crippen LogP contribution in [0.4, 0.5) is 5.82 Å². The van der Waals surface area contributed by atoms with E-state index in [2.05, 4.69) is 68.0 Å². The first kappa shape index (κ1) is 20.7. The van der Waals surface area contributed by atoms with Crippen molar-refractivity contribution in [2.45, 2.75) is 13.8 Å². The maximum Gasteiger partial charge on any atom is 0.139 e. The number of piperazine rings is 1. The predicted octanol–water partition coefficient (Wildman–Crippen LogP) is 4.60. The van der Waals surface area contributed by atoms with Crippen LogP contribution < -0.4 is 4.90 Å². The Balaban J connectivity index is 1.47. The van der Waals surface area contributed by atoms with Crippen LogP contribution in [0.1, 0.15) is 11.3 Å². The van der Waals surface area contributed by atoms with Crippen LogP contribution in [-0.4, -0.2) is 63.0 Å². The van der Waals surface area contributed by atoms with E-state index in [4.69, 9.17) is 4.98 Å². The Kier molecular flexibility index (Phi) is 4.99. The van der Waals surface area contributed by atoms with Gasteiger partial charge in [0.05, 0.1) is 5.52 Å². The maximum absolute atomic E-state index is 4.73. The zero-order valence-electron chi connectivity index (χ0n) is 19.7. The van der Waals surface area contributed by atoms with Gasteiger partial charge in [-0.3, -0.25) is 4.98 Å². The number of rotatable bonds is 3. The van der Waals surface area contributed by atoms with Crippen LogP contribution >= 0.6 is 0 Å². The summed E-state index contributed by atoms with van der Waals surface area (Å²) in [5.74, 6) is 1.01. The van der Waals surface area contributed by atoms with E-state index in [1.54, 1.807) is 6.33 Å². The van der Waals surface area contributed by atoms with Crippen LogP contribution in [0.25, 0.3) is 44.2 Å². The highest BCUT2D eigenvalue weighted by Gasteiger charge is 2.19. The quantitative estimate of drug-likeness (QED) is 0.434. The number of hydrogen-bond acceptors (Lipinski definition) is 6. The molecule has 0 saturated carbocycles. The summed E-state index contributed by atoms with van der Waals surface area (Å²) in [4.78, 5) is 26.5. The summed E-state index contributed by atoms with van der Waals surface area (Å²) in [6.07, 6.45) is 7.51. The third-order valence-electron chi connectivity index (χ3n) is 6.90. The molecule has 170 valence electrons. The number of aromatic amines is 1. The molecule has 0 spiro atoms. The number of pyridine rings is 2. The number of aromatic nitrogens is 5. The number of nitrogens with one attached hydrogen (secondary N) is 1. The van der Waals surface area contributed by atoms with Gasteiger partial charge in [-0.25, -0.2) is 15.0 Å². The molecule has 1 aliphatic rings. The third-order valence-corrected chi connectivity index (χ3v) is 6.90. The number of anilines is 1. The third kappa shape index (κ3) is 3.49. The van der Waals surface area contributed by atoms with Crippen molar-refractivity contribution in [1.29, 1.82) is 0 Å². The van der Waals surface area contributed by atoms with Gasteiger partial charge in [0.15, 0.2) is 0 Å². The van der Waals surface area contributed by atoms with Crippen molar-refractivity contribution in [1.82, 2.24) is 29.8 Å². The minimum Gasteiger partial charge on any atom is -0.353 e. The van der Waals surface area contributed by atoms with Crippen LogP contribution in [0.3, 0.4) is 0 Å². The van der Waals surface area contributed by atoms with Crippen molar-refractivity contribution in [3.05, 3.63) is 66.5 Å². The van der Waals surface area contributed by atoms with Crippen LogP contribution in [0.15, 0.2) is 55.2 Å². The number of hydrogen-bond donors (Lipinski definition) is 1. The fraction of sp³-hybridized carbons (Fsp3) is 0.259. The standard InChI is InChI=1S/C27H27N7/c1-17-6-7-28-18(2)25(17)20-13-21-23(15-30-26(21)29-14-20)19-4-5-24-22(12-19)27(32-16-31-24)34-10-8-33(3)9-11-34/h4-7,12-16H,8-11H2,1-3H3,(H,29,30). The summed E-state index contributed by atoms with van der Waals surface area (Å²) in [6, 6.07) is 10.7. The molecule has 0 atom stereocenters. The predicted molar refractivity (Wildman–Crippen MR) is 137 cm³/mol. The molecule has 1 aromatic carbocycles. The molecule has 0 amide bonds. The molecule has 6 rings (SSSR count). The second-order valence-corrected chi connectivity index (χ2v) is 9.13. The molecule has 0 unspecified atom stereocenters. The van der Waals surface area contributed by atoms with E-state index in [1.165, 1.54) is 5.56 Å². The monoisotopic (exact) mass is 449 g/mol. The summed E-state index contributed by atoms with van der Waals surface area (Å²) in [5, 5.41) is 2.18. The van der Waals surface area contributed by atoms with Crippen LogP contribution in [-0.2, 0) is 0 Å². The second kappa shape index (κ2) is 8.18. The Morgan fingerprint density at radius 2 is 1.68 bits per heavy atom. The van der Waals surface area contributed by atoms with Crippen molar-refractivity contribution in [2.24, 2.45) is 0 Å². The first-order chi connectivity index (χ1) is 16.6. The molecule has 5 heterocycles. The molecule has 1 fully saturated rings. The van der Waals surface area contributed by atoms with Crippen LogP contribution in [0.2, 0.25) is 0 Å². The molecule has 34 heavy (non-hydrogen) atoms. The lowest BCUT2D eigenvalue weighted by Crippen LogP contribution is -2.44. The summed E-state index contributed by atoms with van der Waals surface area (Å²) >= 11 is 0. The van der Waals surface area contributed by atoms with Crippen LogP contribution in [0.5, 0.6) is 0 Å². The van der Waals surface area contributed by atoms with Crippen LogP contribution in [0, 0.1) is 13.8 Å². The van der Waals surface area contributed by atoms with E-state index < -0.39 is 0 Å². The first-order valence-corrected chi connectivity index (χ1v) is 11.7. The van der Waals surface area contributed by atoms with E-state index in [1.807, 2.05) is 31.6 Å². The Hall–Kier alpha value is -3.84. The SMILES string of the molecule is Cc1ccnc(C)c1-c1cnc2[nH]cc(-c3ccc4ncnc(N5CCN(C)CC5)c4c3)c2c1. The molecule has 5 aromatic rings. The molecule has 7 nitrogen and oxygen atoms in total. The molecule has 0 bridgehead atoms. The van der Waals surface area contributed by atoms with Crippen molar-refractivity contribution < 1.29 is 0 Å². The minimum absolute atomic E-state index is 0.877. The van der Waals surface area contributed by atoms with Gasteiger partial charge in [-0.05, 0) is 56.3 Å². The fourth-order valence-electron chi connectivity index (χ4n) is 4.99. The normalized spacial score (nSPS) is 14.9. The Bertz CT molecular complexity index is 1490. The van der Waals surface area contributed by atoms with E-state index in [0.717, 1.165) is 81.9 Å². The topological polar surface area (TPSA) is 73.8 Å². The van der Waals surface area contributed by atoms with E-state index in [9.17, 15) is 0 Å². The smallest absolute Gasteiger partial charge is 0.139 e. The van der Waals surface area contributed by atoms with Gasteiger partial charge in [-0.1, -0.05) is 6.07 Å². The zero-order valence-corrected chi connectivity index (χ0v) is 19.7. The molecular weight excluding hydrogens is 422 g/mol. The minimum atomic E-state index is 0.877. The average Bonchev–Trinajstić information content (AvgIpc) is 3.27. The van der Waals surface area contributed by atoms with Gasteiger partial charge in [0.25, 0.3) is 0 Å². The van der Waals surface area contributed by atoms with E-state index in [-0.39, 0.29) is 0 Å². The molecule has 7 heteroatoms. The molecule has 4 aromatic heterocycles. The maximum atomic E-state index is 4.73. The highest BCUT2D eigenvalue weighted by molar-refractivity contribution is 6.00. The zero-order chi connectivity index (χ0) is 23.2. The Morgan fingerprint density at radius 1 is 0.853 bits per heavy atom. The molecule has 1 aliphatic heterocycles. The van der Waals surface area contributed by atoms with Gasteiger partial charge >= 0.3 is 0 Å². The summed E-state index contributed by atoms with van der Waals surface area (Å²) in [7, 11) is 2.17. The average molecular weight is 450 g/mol. The van der Waals surface area contributed by atoms with Gasteiger partial charge in [0.2, 0.25) is 0 Å². The Labute approximate surface area is 198 Å². The number of fused-ring (bicyclic) bond motifs is 2. The number of likely N-dealkylation sites (N-methyl/N-ethyl adjacent to an activating group) is 1. The van der Waals surface area contributed by atoms with Gasteiger partial charge in [-0.15, -0.1) is 0 Å². The van der Waals surface area contributed by atoms with Crippen molar-refractivity contribution in [3.63, 3.8) is 0 Å². The number of aryl methyl sites for hydroxylation is 2. The second-order valence-electron chi connectivity index (χ2n) is 9.13. The van der Waals surface area contributed by atoms with Gasteiger partial charge in [-0.2, -0.15) is 0 Å². The summed E-state index contributed by atoms with van der Waals surface area (Å²) in [6.45, 7) is 8.18. The number of H-pyrrole nitrogens is 1. The van der Waals surface area contributed by atoms with Crippen molar-refractivity contribution >= 4 is 27.8 Å². The molecule has 1 saturated heterocycles. The van der Waals surface area contributed by atoms with Gasteiger partial charge < -0.3 is 14.8 Å². The van der Waals surface area contributed by atoms with E-state index >= 15 is 0 Å². The molecule has 0 radical (unpaired) electrons. The number of benzene rings is 1. The molecular formula is C27H27N7. The lowest BCUT2D eigenvalue weighted by molar-refractivity contribution is 0.312. The highest BCUT2D eigenvalue weighted by Crippen LogP contribution is 2.35. The first-order valence-electron chi connectivity index (χ1n) is 11.7. The summed E-state index contributed by atoms with van der Waals surface area (Å²) in [5.41, 5.74) is 8.53. The fourth-order valence-corrected chi connectivity index (χ4v) is 4.99. The summed E-state index contributed by atoms with van der Waals surface area (Å²) < 4.78 is 0. The number of nitrogens with zero attached hydrogens (tertiary/aromatic N) is 6. The highest BCUT2D eigenvalue weighted by atomic mass is 15.3. The van der Waals surface area contributed by atoms with E-state index in [0.29, 0.717) is 0 Å². The van der Waals surface area contributed by atoms with Gasteiger partial charge in [0, 0.05) is 77.9 Å². The lowest BCUT2D eigenvalue weighted by Gasteiger charge is -2.33. The lowest BCUT2D eigenvalue weighted by atomic mass is 9.98.